The van der Waals surface area contributed by atoms with Crippen LogP contribution in [0.5, 0.6) is 0 Å². The Hall–Kier alpha value is -1.77. The monoisotopic (exact) mass is 329 g/mol. The summed E-state index contributed by atoms with van der Waals surface area (Å²) in [6.07, 6.45) is 0. The molecule has 0 amide bonds. The molecule has 8 heteroatoms. The van der Waals surface area contributed by atoms with E-state index in [-0.39, 0.29) is 9.09 Å². The number of carbonyl (C=O) groups is 1. The first-order valence-electron chi connectivity index (χ1n) is 5.90. The lowest BCUT2D eigenvalue weighted by Gasteiger charge is -2.13. The smallest absolute Gasteiger partial charge is 0.345 e. The van der Waals surface area contributed by atoms with Crippen LogP contribution in [0.25, 0.3) is 0 Å². The number of benzene rings is 1. The molecule has 0 bridgehead atoms. The van der Waals surface area contributed by atoms with E-state index in [2.05, 4.69) is 4.72 Å². The first kappa shape index (κ1) is 15.6. The Morgan fingerprint density at radius 2 is 1.86 bits per heavy atom. The Bertz CT molecular complexity index is 753. The average Bonchev–Trinajstić information content (AvgIpc) is 2.89. The number of halogens is 1. The van der Waals surface area contributed by atoms with Gasteiger partial charge in [0.1, 0.15) is 14.9 Å². The fourth-order valence-electron chi connectivity index (χ4n) is 1.69. The lowest BCUT2D eigenvalue weighted by Crippen LogP contribution is -2.26. The summed E-state index contributed by atoms with van der Waals surface area (Å²) in [5.41, 5.74) is 0.606. The third-order valence-corrected chi connectivity index (χ3v) is 5.86. The van der Waals surface area contributed by atoms with Crippen molar-refractivity contribution in [2.75, 3.05) is 0 Å². The molecule has 1 aromatic carbocycles. The van der Waals surface area contributed by atoms with E-state index in [1.807, 2.05) is 0 Å². The summed E-state index contributed by atoms with van der Waals surface area (Å²) in [6, 6.07) is 7.38. The van der Waals surface area contributed by atoms with E-state index in [0.29, 0.717) is 16.9 Å². The van der Waals surface area contributed by atoms with Crippen LogP contribution in [0, 0.1) is 5.82 Å². The van der Waals surface area contributed by atoms with Gasteiger partial charge in [-0.05, 0) is 36.8 Å². The fraction of sp³-hybridized carbons (Fsp3) is 0.154. The second-order valence-corrected chi connectivity index (χ2v) is 7.34. The molecule has 0 aliphatic rings. The van der Waals surface area contributed by atoms with Crippen LogP contribution < -0.4 is 4.72 Å². The predicted octanol–water partition coefficient (Wildman–Crippen LogP) is 2.62. The maximum Gasteiger partial charge on any atom is 0.345 e. The molecular weight excluding hydrogens is 317 g/mol. The van der Waals surface area contributed by atoms with Crippen molar-refractivity contribution in [2.45, 2.75) is 17.2 Å². The summed E-state index contributed by atoms with van der Waals surface area (Å²) in [4.78, 5) is 10.7. The zero-order valence-electron chi connectivity index (χ0n) is 10.9. The van der Waals surface area contributed by atoms with Crippen molar-refractivity contribution < 1.29 is 22.7 Å². The Morgan fingerprint density at radius 3 is 2.38 bits per heavy atom. The van der Waals surface area contributed by atoms with Gasteiger partial charge < -0.3 is 5.11 Å². The number of hydrogen-bond donors (Lipinski definition) is 2. The molecule has 0 saturated heterocycles. The van der Waals surface area contributed by atoms with Crippen molar-refractivity contribution in [1.29, 1.82) is 0 Å². The molecule has 0 radical (unpaired) electrons. The van der Waals surface area contributed by atoms with Gasteiger partial charge in [0.25, 0.3) is 10.0 Å². The summed E-state index contributed by atoms with van der Waals surface area (Å²) < 4.78 is 39.5. The summed E-state index contributed by atoms with van der Waals surface area (Å²) in [5.74, 6) is -1.58. The fourth-order valence-corrected chi connectivity index (χ4v) is 4.08. The van der Waals surface area contributed by atoms with Gasteiger partial charge in [-0.3, -0.25) is 0 Å². The number of sulfonamides is 1. The van der Waals surface area contributed by atoms with E-state index in [1.54, 1.807) is 6.92 Å². The maximum atomic E-state index is 12.8. The molecule has 1 atom stereocenters. The van der Waals surface area contributed by atoms with E-state index in [4.69, 9.17) is 5.11 Å². The van der Waals surface area contributed by atoms with Gasteiger partial charge in [-0.25, -0.2) is 22.3 Å². The summed E-state index contributed by atoms with van der Waals surface area (Å²) >= 11 is 0.678. The summed E-state index contributed by atoms with van der Waals surface area (Å²) in [6.45, 7) is 1.62. The molecule has 112 valence electrons. The van der Waals surface area contributed by atoms with Crippen molar-refractivity contribution in [3.8, 4) is 0 Å². The Labute approximate surface area is 125 Å². The number of carboxylic acids is 1. The number of nitrogens with one attached hydrogen (secondary N) is 1. The highest BCUT2D eigenvalue weighted by atomic mass is 32.2. The average molecular weight is 329 g/mol. The lowest BCUT2D eigenvalue weighted by molar-refractivity contribution is 0.0702. The molecule has 0 spiro atoms. The van der Waals surface area contributed by atoms with Crippen LogP contribution in [0.15, 0.2) is 40.6 Å². The number of carboxylic acid groups (broad SMARTS) is 1. The van der Waals surface area contributed by atoms with E-state index in [1.165, 1.54) is 36.4 Å². The standard InChI is InChI=1S/C13H12FNO4S2/c1-8(9-2-4-10(14)5-3-9)15-21(18,19)12-7-6-11(20-12)13(16)17/h2-8,15H,1H3,(H,16,17)/t8-/m0/s1. The lowest BCUT2D eigenvalue weighted by atomic mass is 10.1. The zero-order chi connectivity index (χ0) is 15.6. The largest absolute Gasteiger partial charge is 0.477 e. The predicted molar refractivity (Wildman–Crippen MR) is 76.4 cm³/mol. The van der Waals surface area contributed by atoms with E-state index >= 15 is 0 Å². The molecule has 1 aromatic heterocycles. The third-order valence-electron chi connectivity index (χ3n) is 2.76. The van der Waals surface area contributed by atoms with Crippen molar-refractivity contribution >= 4 is 27.3 Å². The van der Waals surface area contributed by atoms with Gasteiger partial charge in [0, 0.05) is 6.04 Å². The summed E-state index contributed by atoms with van der Waals surface area (Å²) in [7, 11) is -3.82. The number of aromatic carboxylic acids is 1. The van der Waals surface area contributed by atoms with Crippen LogP contribution in [0.3, 0.4) is 0 Å². The van der Waals surface area contributed by atoms with Crippen molar-refractivity contribution in [2.24, 2.45) is 0 Å². The first-order valence-corrected chi connectivity index (χ1v) is 8.20. The van der Waals surface area contributed by atoms with Crippen molar-refractivity contribution in [1.82, 2.24) is 4.72 Å². The molecule has 2 N–H and O–H groups in total. The number of thiophene rings is 1. The van der Waals surface area contributed by atoms with Crippen LogP contribution in [-0.4, -0.2) is 19.5 Å². The van der Waals surface area contributed by atoms with Gasteiger partial charge in [0.05, 0.1) is 0 Å². The zero-order valence-corrected chi connectivity index (χ0v) is 12.5. The van der Waals surface area contributed by atoms with Gasteiger partial charge in [-0.15, -0.1) is 11.3 Å². The van der Waals surface area contributed by atoms with Crippen LogP contribution in [0.1, 0.15) is 28.2 Å². The normalized spacial score (nSPS) is 13.0. The molecule has 21 heavy (non-hydrogen) atoms. The Morgan fingerprint density at radius 1 is 1.24 bits per heavy atom. The van der Waals surface area contributed by atoms with Crippen LogP contribution in [-0.2, 0) is 10.0 Å². The third kappa shape index (κ3) is 3.66. The quantitative estimate of drug-likeness (QED) is 0.883. The highest BCUT2D eigenvalue weighted by molar-refractivity contribution is 7.91. The van der Waals surface area contributed by atoms with Crippen molar-refractivity contribution in [3.05, 3.63) is 52.7 Å². The van der Waals surface area contributed by atoms with Gasteiger partial charge in [-0.1, -0.05) is 12.1 Å². The minimum atomic E-state index is -3.82. The van der Waals surface area contributed by atoms with E-state index < -0.39 is 27.9 Å². The molecular formula is C13H12FNO4S2. The van der Waals surface area contributed by atoms with Crippen LogP contribution in [0.4, 0.5) is 4.39 Å². The van der Waals surface area contributed by atoms with Gasteiger partial charge in [-0.2, -0.15) is 0 Å². The molecule has 2 aromatic rings. The Balaban J connectivity index is 2.20. The Kier molecular flexibility index (Phi) is 4.40. The SMILES string of the molecule is C[C@H](NS(=O)(=O)c1ccc(C(=O)O)s1)c1ccc(F)cc1. The second kappa shape index (κ2) is 5.92. The molecule has 0 fully saturated rings. The molecule has 2 rings (SSSR count). The molecule has 0 saturated carbocycles. The molecule has 0 aliphatic carbocycles. The molecule has 0 unspecified atom stereocenters. The van der Waals surface area contributed by atoms with Crippen LogP contribution in [0.2, 0.25) is 0 Å². The maximum absolute atomic E-state index is 12.8. The second-order valence-electron chi connectivity index (χ2n) is 4.32. The van der Waals surface area contributed by atoms with E-state index in [9.17, 15) is 17.6 Å². The van der Waals surface area contributed by atoms with Gasteiger partial charge >= 0.3 is 5.97 Å². The first-order chi connectivity index (χ1) is 9.79. The number of rotatable bonds is 5. The minimum Gasteiger partial charge on any atom is -0.477 e. The van der Waals surface area contributed by atoms with Crippen LogP contribution >= 0.6 is 11.3 Å². The van der Waals surface area contributed by atoms with Crippen molar-refractivity contribution in [3.63, 3.8) is 0 Å². The number of hydrogen-bond acceptors (Lipinski definition) is 4. The molecule has 1 heterocycles. The summed E-state index contributed by atoms with van der Waals surface area (Å²) in [5, 5.41) is 8.81. The minimum absolute atomic E-state index is 0.0511. The molecule has 5 nitrogen and oxygen atoms in total. The van der Waals surface area contributed by atoms with Gasteiger partial charge in [0.15, 0.2) is 0 Å². The highest BCUT2D eigenvalue weighted by Crippen LogP contribution is 2.23. The highest BCUT2D eigenvalue weighted by Gasteiger charge is 2.21. The van der Waals surface area contributed by atoms with E-state index in [0.717, 1.165) is 0 Å². The van der Waals surface area contributed by atoms with Gasteiger partial charge in [0.2, 0.25) is 0 Å². The topological polar surface area (TPSA) is 83.5 Å². The molecule has 0 aliphatic heterocycles.